The van der Waals surface area contributed by atoms with Gasteiger partial charge in [-0.3, -0.25) is 0 Å². The zero-order chi connectivity index (χ0) is 23.8. The SMILES string of the molecule is Cc1cnc(Nc2ccc(NC3=NC=C(Br)C(O[C@H](C)[C@@H](C)O)=C[I-]3)cc2)nc1NCCO. The van der Waals surface area contributed by atoms with Crippen LogP contribution >= 0.6 is 15.9 Å². The van der Waals surface area contributed by atoms with Crippen LogP contribution in [0.25, 0.3) is 0 Å². The molecule has 0 saturated heterocycles. The Morgan fingerprint density at radius 1 is 1.15 bits per heavy atom. The minimum atomic E-state index is -0.563. The second kappa shape index (κ2) is 12.3. The number of halogens is 2. The molecule has 2 atom stereocenters. The second-order valence-electron chi connectivity index (χ2n) is 7.25. The van der Waals surface area contributed by atoms with E-state index in [1.807, 2.05) is 42.2 Å². The van der Waals surface area contributed by atoms with Gasteiger partial charge >= 0.3 is 201 Å². The number of allylic oxidation sites excluding steroid dienone is 1. The molecule has 0 saturated carbocycles. The van der Waals surface area contributed by atoms with Crippen molar-refractivity contribution in [3.05, 3.63) is 56.6 Å². The van der Waals surface area contributed by atoms with Gasteiger partial charge in [0, 0.05) is 0 Å². The number of ether oxygens (including phenoxy) is 1. The topological polar surface area (TPSA) is 124 Å². The molecule has 1 aliphatic rings. The Bertz CT molecular complexity index is 1040. The average molecular weight is 630 g/mol. The molecule has 0 aliphatic carbocycles. The molecule has 0 radical (unpaired) electrons. The van der Waals surface area contributed by atoms with Gasteiger partial charge in [0.1, 0.15) is 0 Å². The maximum atomic E-state index is 9.69. The number of nitrogens with zero attached hydrogens (tertiary/aromatic N) is 3. The van der Waals surface area contributed by atoms with Crippen LogP contribution in [0, 0.1) is 6.92 Å². The second-order valence-corrected chi connectivity index (χ2v) is 10.4. The quantitative estimate of drug-likeness (QED) is 0.203. The third-order valence-corrected chi connectivity index (χ3v) is 7.15. The van der Waals surface area contributed by atoms with Gasteiger partial charge < -0.3 is 5.11 Å². The molecule has 3 rings (SSSR count). The zero-order valence-corrected chi connectivity index (χ0v) is 22.3. The number of anilines is 4. The first kappa shape index (κ1) is 25.4. The van der Waals surface area contributed by atoms with Crippen LogP contribution in [0.4, 0.5) is 23.1 Å². The summed E-state index contributed by atoms with van der Waals surface area (Å²) in [5.74, 6) is 1.86. The van der Waals surface area contributed by atoms with E-state index in [0.717, 1.165) is 25.3 Å². The molecule has 1 aromatic heterocycles. The van der Waals surface area contributed by atoms with Crippen molar-refractivity contribution in [2.45, 2.75) is 33.0 Å². The summed E-state index contributed by atoms with van der Waals surface area (Å²) in [6.07, 6.45) is 2.57. The fourth-order valence-corrected chi connectivity index (χ4v) is 5.10. The number of hydrogen-bond acceptors (Lipinski definition) is 9. The van der Waals surface area contributed by atoms with Gasteiger partial charge in [-0.2, -0.15) is 0 Å². The Balaban J connectivity index is 1.61. The van der Waals surface area contributed by atoms with Gasteiger partial charge in [-0.1, -0.05) is 0 Å². The number of hydrogen-bond donors (Lipinski definition) is 5. The van der Waals surface area contributed by atoms with Crippen molar-refractivity contribution in [1.29, 1.82) is 0 Å². The summed E-state index contributed by atoms with van der Waals surface area (Å²) in [5, 5.41) is 28.3. The van der Waals surface area contributed by atoms with Gasteiger partial charge in [-0.05, 0) is 0 Å². The first-order valence-electron chi connectivity index (χ1n) is 10.3. The first-order chi connectivity index (χ1) is 15.9. The predicted octanol–water partition coefficient (Wildman–Crippen LogP) is 0.667. The van der Waals surface area contributed by atoms with Crippen LogP contribution in [0.5, 0.6) is 0 Å². The van der Waals surface area contributed by atoms with Gasteiger partial charge in [0.05, 0.1) is 6.61 Å². The van der Waals surface area contributed by atoms with Crippen LogP contribution in [0.1, 0.15) is 19.4 Å². The van der Waals surface area contributed by atoms with E-state index in [1.54, 1.807) is 19.3 Å². The predicted molar refractivity (Wildman–Crippen MR) is 130 cm³/mol. The van der Waals surface area contributed by atoms with Crippen LogP contribution in [0.15, 0.2) is 56.0 Å². The molecule has 2 aromatic rings. The molecule has 5 N–H and O–H groups in total. The third-order valence-electron chi connectivity index (χ3n) is 4.54. The smallest absolute Gasteiger partial charge is 0.395 e. The van der Waals surface area contributed by atoms with E-state index in [1.165, 1.54) is 0 Å². The number of aryl methyl sites for hydroxylation is 1. The Kier molecular flexibility index (Phi) is 9.47. The van der Waals surface area contributed by atoms with Crippen LogP contribution in [0.2, 0.25) is 0 Å². The molecular formula is C22H27BrIN6O3-. The number of aliphatic hydroxyl groups is 2. The number of amidine groups is 1. The zero-order valence-electron chi connectivity index (χ0n) is 18.5. The molecule has 0 unspecified atom stereocenters. The molecule has 0 bridgehead atoms. The summed E-state index contributed by atoms with van der Waals surface area (Å²) in [4.78, 5) is 13.3. The van der Waals surface area contributed by atoms with E-state index < -0.39 is 27.3 Å². The Hall–Kier alpha value is -2.22. The summed E-state index contributed by atoms with van der Waals surface area (Å²) in [7, 11) is 0. The van der Waals surface area contributed by atoms with Gasteiger partial charge in [0.2, 0.25) is 0 Å². The fraction of sp³-hybridized carbons (Fsp3) is 0.318. The van der Waals surface area contributed by atoms with E-state index in [2.05, 4.69) is 46.8 Å². The van der Waals surface area contributed by atoms with Gasteiger partial charge in [0.15, 0.2) is 0 Å². The molecule has 0 fully saturated rings. The number of aliphatic imine (C=N–C) groups is 1. The number of aliphatic hydroxyl groups excluding tert-OH is 2. The van der Waals surface area contributed by atoms with Crippen molar-refractivity contribution in [2.75, 3.05) is 29.1 Å². The molecule has 33 heavy (non-hydrogen) atoms. The van der Waals surface area contributed by atoms with Crippen LogP contribution in [0.3, 0.4) is 0 Å². The molecule has 11 heteroatoms. The molecule has 1 aromatic carbocycles. The van der Waals surface area contributed by atoms with Gasteiger partial charge in [0.25, 0.3) is 0 Å². The van der Waals surface area contributed by atoms with E-state index in [4.69, 9.17) is 9.84 Å². The first-order valence-corrected chi connectivity index (χ1v) is 13.4. The summed E-state index contributed by atoms with van der Waals surface area (Å²) < 4.78 is 9.49. The van der Waals surface area contributed by atoms with Crippen molar-refractivity contribution in [2.24, 2.45) is 4.99 Å². The summed E-state index contributed by atoms with van der Waals surface area (Å²) in [6, 6.07) is 7.77. The van der Waals surface area contributed by atoms with Crippen molar-refractivity contribution in [1.82, 2.24) is 9.97 Å². The number of aromatic nitrogens is 2. The average Bonchev–Trinajstić information content (AvgIpc) is 2.97. The summed E-state index contributed by atoms with van der Waals surface area (Å²) >= 11 is 2.93. The molecule has 178 valence electrons. The number of benzene rings is 1. The van der Waals surface area contributed by atoms with E-state index in [0.29, 0.717) is 24.1 Å². The summed E-state index contributed by atoms with van der Waals surface area (Å²) in [6.45, 7) is 5.91. The number of rotatable bonds is 9. The van der Waals surface area contributed by atoms with E-state index in [9.17, 15) is 5.11 Å². The molecule has 0 spiro atoms. The normalized spacial score (nSPS) is 15.6. The monoisotopic (exact) mass is 629 g/mol. The fourth-order valence-electron chi connectivity index (χ4n) is 2.54. The minimum absolute atomic E-state index is 0.0338. The van der Waals surface area contributed by atoms with Crippen LogP contribution in [-0.4, -0.2) is 49.4 Å². The van der Waals surface area contributed by atoms with Crippen molar-refractivity contribution < 1.29 is 36.2 Å². The van der Waals surface area contributed by atoms with Gasteiger partial charge in [-0.15, -0.1) is 0 Å². The molecule has 2 heterocycles. The van der Waals surface area contributed by atoms with Gasteiger partial charge in [-0.25, -0.2) is 0 Å². The Morgan fingerprint density at radius 2 is 1.85 bits per heavy atom. The van der Waals surface area contributed by atoms with Crippen molar-refractivity contribution in [3.8, 4) is 0 Å². The molecule has 0 amide bonds. The minimum Gasteiger partial charge on any atom is -0.395 e. The third kappa shape index (κ3) is 7.66. The van der Waals surface area contributed by atoms with E-state index in [-0.39, 0.29) is 12.7 Å². The summed E-state index contributed by atoms with van der Waals surface area (Å²) in [5.41, 5.74) is 2.67. The Labute approximate surface area is 211 Å². The van der Waals surface area contributed by atoms with Crippen molar-refractivity contribution in [3.63, 3.8) is 0 Å². The molecule has 9 nitrogen and oxygen atoms in total. The standard InChI is InChI=1S/C22H27BrIN6O3/c1-13-11-27-22(30-20(13)25-8-9-31)29-17-6-4-16(5-7-17)28-21-24-10-19(18(23)12-26-21)33-15(3)14(2)32/h4-7,10-12,14-15,31-32H,8-9H2,1-3H3,(H,26,28)(H2,25,27,29,30)/q-1/t14-,15-/m1/s1. The van der Waals surface area contributed by atoms with Crippen LogP contribution in [-0.2, 0) is 4.74 Å². The Morgan fingerprint density at radius 3 is 2.52 bits per heavy atom. The maximum absolute atomic E-state index is 9.69. The molecular weight excluding hydrogens is 603 g/mol. The molecule has 1 aliphatic heterocycles. The van der Waals surface area contributed by atoms with Crippen molar-refractivity contribution >= 4 is 42.9 Å². The van der Waals surface area contributed by atoms with Crippen LogP contribution < -0.4 is 37.2 Å². The van der Waals surface area contributed by atoms with E-state index >= 15 is 0 Å². The number of nitrogens with one attached hydrogen (secondary N) is 3.